The third-order valence-corrected chi connectivity index (χ3v) is 5.24. The Morgan fingerprint density at radius 3 is 2.16 bits per heavy atom. The largest absolute Gasteiger partial charge is 0.497 e. The van der Waals surface area contributed by atoms with Crippen molar-refractivity contribution >= 4 is 18.1 Å². The van der Waals surface area contributed by atoms with E-state index < -0.39 is 11.9 Å². The molecule has 0 fully saturated rings. The van der Waals surface area contributed by atoms with Crippen molar-refractivity contribution < 1.29 is 28.5 Å². The molecule has 0 aromatic heterocycles. The fourth-order valence-electron chi connectivity index (χ4n) is 3.28. The Bertz CT molecular complexity index is 1370. The maximum Gasteiger partial charge on any atom is 0.343 e. The minimum Gasteiger partial charge on any atom is -0.497 e. The molecule has 0 radical (unpaired) electrons. The van der Waals surface area contributed by atoms with E-state index in [-0.39, 0.29) is 6.61 Å². The number of carbonyl (C=O) groups excluding carboxylic acids is 2. The summed E-state index contributed by atoms with van der Waals surface area (Å²) in [5.41, 5.74) is 4.52. The maximum absolute atomic E-state index is 12.4. The molecule has 0 spiro atoms. The Labute approximate surface area is 220 Å². The fraction of sp³-hybridized carbons (Fsp3) is 0.100. The Morgan fingerprint density at radius 1 is 0.763 bits per heavy atom. The summed E-state index contributed by atoms with van der Waals surface area (Å²) in [6.45, 7) is 0.260. The van der Waals surface area contributed by atoms with Crippen LogP contribution in [0, 0.1) is 0 Å². The van der Waals surface area contributed by atoms with E-state index in [0.717, 1.165) is 5.56 Å². The van der Waals surface area contributed by atoms with Gasteiger partial charge in [-0.3, -0.25) is 4.79 Å². The van der Waals surface area contributed by atoms with Gasteiger partial charge in [0.2, 0.25) is 0 Å². The van der Waals surface area contributed by atoms with Crippen LogP contribution in [0.5, 0.6) is 23.0 Å². The lowest BCUT2D eigenvalue weighted by Gasteiger charge is -2.08. The Kier molecular flexibility index (Phi) is 9.07. The second kappa shape index (κ2) is 13.3. The van der Waals surface area contributed by atoms with Gasteiger partial charge in [0.1, 0.15) is 29.6 Å². The zero-order chi connectivity index (χ0) is 26.6. The lowest BCUT2D eigenvalue weighted by atomic mass is 10.2. The first-order valence-corrected chi connectivity index (χ1v) is 11.8. The molecule has 0 unspecified atom stereocenters. The highest BCUT2D eigenvalue weighted by molar-refractivity contribution is 5.91. The summed E-state index contributed by atoms with van der Waals surface area (Å²) in [6, 6.07) is 30.3. The number of methoxy groups -OCH3 is 1. The van der Waals surface area contributed by atoms with Crippen LogP contribution >= 0.6 is 0 Å². The smallest absolute Gasteiger partial charge is 0.343 e. The molecule has 0 heterocycles. The van der Waals surface area contributed by atoms with E-state index in [1.807, 2.05) is 30.3 Å². The van der Waals surface area contributed by atoms with Crippen LogP contribution in [0.15, 0.2) is 108 Å². The molecule has 4 aromatic rings. The lowest BCUT2D eigenvalue weighted by Crippen LogP contribution is -2.24. The second-order valence-electron chi connectivity index (χ2n) is 8.02. The van der Waals surface area contributed by atoms with Crippen molar-refractivity contribution in [2.75, 3.05) is 13.7 Å². The van der Waals surface area contributed by atoms with Gasteiger partial charge in [0.05, 0.1) is 18.9 Å². The van der Waals surface area contributed by atoms with E-state index in [1.165, 1.54) is 6.21 Å². The number of carbonyl (C=O) groups is 2. The summed E-state index contributed by atoms with van der Waals surface area (Å²) < 4.78 is 21.8. The SMILES string of the molecule is COc1ccc(C(=O)Oc2cccc(/C=N\NC(=O)COc3ccc(OCc4ccccc4)cc3)c2)cc1. The quantitative estimate of drug-likeness (QED) is 0.132. The van der Waals surface area contributed by atoms with Gasteiger partial charge in [0.15, 0.2) is 6.61 Å². The van der Waals surface area contributed by atoms with E-state index >= 15 is 0 Å². The third-order valence-electron chi connectivity index (χ3n) is 5.24. The molecule has 0 saturated carbocycles. The highest BCUT2D eigenvalue weighted by atomic mass is 16.5. The average Bonchev–Trinajstić information content (AvgIpc) is 2.96. The normalized spacial score (nSPS) is 10.6. The summed E-state index contributed by atoms with van der Waals surface area (Å²) in [4.78, 5) is 24.4. The van der Waals surface area contributed by atoms with E-state index in [2.05, 4.69) is 10.5 Å². The van der Waals surface area contributed by atoms with Crippen molar-refractivity contribution in [2.24, 2.45) is 5.10 Å². The zero-order valence-corrected chi connectivity index (χ0v) is 20.7. The topological polar surface area (TPSA) is 95.5 Å². The van der Waals surface area contributed by atoms with E-state index in [1.54, 1.807) is 79.9 Å². The van der Waals surface area contributed by atoms with Crippen LogP contribution in [0.3, 0.4) is 0 Å². The maximum atomic E-state index is 12.4. The summed E-state index contributed by atoms with van der Waals surface area (Å²) in [5, 5.41) is 3.94. The number of rotatable bonds is 11. The minimum atomic E-state index is -0.497. The molecule has 192 valence electrons. The van der Waals surface area contributed by atoms with Crippen molar-refractivity contribution in [2.45, 2.75) is 6.61 Å². The van der Waals surface area contributed by atoms with Crippen LogP contribution in [0.1, 0.15) is 21.5 Å². The molecule has 0 bridgehead atoms. The van der Waals surface area contributed by atoms with Crippen molar-refractivity contribution in [1.29, 1.82) is 0 Å². The number of hydrazone groups is 1. The first kappa shape index (κ1) is 26.0. The lowest BCUT2D eigenvalue weighted by molar-refractivity contribution is -0.123. The summed E-state index contributed by atoms with van der Waals surface area (Å²) in [5.74, 6) is 1.31. The van der Waals surface area contributed by atoms with Crippen LogP contribution in [-0.4, -0.2) is 31.8 Å². The number of benzene rings is 4. The molecule has 8 heteroatoms. The predicted octanol–water partition coefficient (Wildman–Crippen LogP) is 5.02. The van der Waals surface area contributed by atoms with E-state index in [4.69, 9.17) is 18.9 Å². The van der Waals surface area contributed by atoms with Crippen LogP contribution in [0.4, 0.5) is 0 Å². The molecule has 8 nitrogen and oxygen atoms in total. The van der Waals surface area contributed by atoms with Crippen molar-refractivity contribution in [1.82, 2.24) is 5.43 Å². The Hall–Kier alpha value is -5.11. The number of nitrogens with zero attached hydrogens (tertiary/aromatic N) is 1. The standard InChI is InChI=1S/C30H26N2O6/c1-35-25-12-10-24(11-13-25)30(34)38-28-9-5-8-23(18-28)19-31-32-29(33)21-37-27-16-14-26(15-17-27)36-20-22-6-3-2-4-7-22/h2-19H,20-21H2,1H3,(H,32,33)/b31-19-. The summed E-state index contributed by atoms with van der Waals surface area (Å²) in [7, 11) is 1.55. The number of esters is 1. The van der Waals surface area contributed by atoms with Gasteiger partial charge in [0.25, 0.3) is 5.91 Å². The Morgan fingerprint density at radius 2 is 1.45 bits per heavy atom. The fourth-order valence-corrected chi connectivity index (χ4v) is 3.28. The van der Waals surface area contributed by atoms with Crippen LogP contribution in [0.2, 0.25) is 0 Å². The molecule has 0 atom stereocenters. The number of ether oxygens (including phenoxy) is 4. The van der Waals surface area contributed by atoms with Gasteiger partial charge in [-0.05, 0) is 71.8 Å². The molecule has 38 heavy (non-hydrogen) atoms. The highest BCUT2D eigenvalue weighted by Crippen LogP contribution is 2.19. The predicted molar refractivity (Wildman–Crippen MR) is 143 cm³/mol. The molecule has 0 saturated heterocycles. The third kappa shape index (κ3) is 7.96. The van der Waals surface area contributed by atoms with Crippen LogP contribution in [-0.2, 0) is 11.4 Å². The first-order valence-electron chi connectivity index (χ1n) is 11.8. The van der Waals surface area contributed by atoms with Gasteiger partial charge in [-0.1, -0.05) is 42.5 Å². The number of hydrogen-bond donors (Lipinski definition) is 1. The van der Waals surface area contributed by atoms with Gasteiger partial charge in [-0.2, -0.15) is 5.10 Å². The first-order chi connectivity index (χ1) is 18.6. The average molecular weight is 511 g/mol. The number of hydrogen-bond acceptors (Lipinski definition) is 7. The number of amides is 1. The van der Waals surface area contributed by atoms with Crippen molar-refractivity contribution in [3.63, 3.8) is 0 Å². The molecule has 1 N–H and O–H groups in total. The second-order valence-corrected chi connectivity index (χ2v) is 8.02. The molecule has 0 aliphatic rings. The minimum absolute atomic E-state index is 0.207. The molecular formula is C30H26N2O6. The van der Waals surface area contributed by atoms with Gasteiger partial charge in [-0.25, -0.2) is 10.2 Å². The molecule has 0 aliphatic carbocycles. The molecule has 1 amide bonds. The van der Waals surface area contributed by atoms with Crippen LogP contribution < -0.4 is 24.4 Å². The van der Waals surface area contributed by atoms with E-state index in [0.29, 0.717) is 40.7 Å². The summed E-state index contributed by atoms with van der Waals surface area (Å²) in [6.07, 6.45) is 1.45. The summed E-state index contributed by atoms with van der Waals surface area (Å²) >= 11 is 0. The number of nitrogens with one attached hydrogen (secondary N) is 1. The van der Waals surface area contributed by atoms with Gasteiger partial charge >= 0.3 is 5.97 Å². The van der Waals surface area contributed by atoms with Crippen molar-refractivity contribution in [3.05, 3.63) is 120 Å². The highest BCUT2D eigenvalue weighted by Gasteiger charge is 2.09. The van der Waals surface area contributed by atoms with E-state index in [9.17, 15) is 9.59 Å². The van der Waals surface area contributed by atoms with Gasteiger partial charge in [0, 0.05) is 0 Å². The Balaban J connectivity index is 1.20. The molecule has 4 aromatic carbocycles. The molecule has 4 rings (SSSR count). The van der Waals surface area contributed by atoms with Gasteiger partial charge in [-0.15, -0.1) is 0 Å². The van der Waals surface area contributed by atoms with Gasteiger partial charge < -0.3 is 18.9 Å². The zero-order valence-electron chi connectivity index (χ0n) is 20.7. The molecule has 0 aliphatic heterocycles. The molecular weight excluding hydrogens is 484 g/mol. The monoisotopic (exact) mass is 510 g/mol. The van der Waals surface area contributed by atoms with Crippen LogP contribution in [0.25, 0.3) is 0 Å². The van der Waals surface area contributed by atoms with Crippen molar-refractivity contribution in [3.8, 4) is 23.0 Å².